The van der Waals surface area contributed by atoms with Gasteiger partial charge in [-0.05, 0) is 94.1 Å². The van der Waals surface area contributed by atoms with Crippen molar-refractivity contribution in [2.45, 2.75) is 116 Å². The summed E-state index contributed by atoms with van der Waals surface area (Å²) in [6.45, 7) is 12.1. The molecule has 0 saturated heterocycles. The molecule has 0 unspecified atom stereocenters. The Labute approximate surface area is 428 Å². The number of hydrogen-bond donors (Lipinski definition) is 3. The Bertz CT molecular complexity index is 2540. The zero-order valence-electron chi connectivity index (χ0n) is 42.2. The third-order valence-electron chi connectivity index (χ3n) is 13.5. The summed E-state index contributed by atoms with van der Waals surface area (Å²) >= 11 is 5.80. The number of para-hydroxylation sites is 2. The fraction of sp³-hybridized carbons (Fsp3) is 0.566. The third kappa shape index (κ3) is 16.7. The van der Waals surface area contributed by atoms with E-state index in [1.54, 1.807) is 11.8 Å². The van der Waals surface area contributed by atoms with Crippen molar-refractivity contribution >= 4 is 73.7 Å². The monoisotopic (exact) mass is 1040 g/mol. The number of allylic oxidation sites excluding steroid dienone is 7. The number of carbonyl (C=O) groups excluding carboxylic acids is 2. The number of esters is 2. The second-order valence-electron chi connectivity index (χ2n) is 20.2. The fourth-order valence-electron chi connectivity index (χ4n) is 9.66. The lowest BCUT2D eigenvalue weighted by atomic mass is 9.81. The van der Waals surface area contributed by atoms with Crippen molar-refractivity contribution < 1.29 is 54.1 Å². The van der Waals surface area contributed by atoms with Crippen LogP contribution in [0.1, 0.15) is 116 Å². The van der Waals surface area contributed by atoms with Crippen molar-refractivity contribution in [1.82, 2.24) is 0 Å². The van der Waals surface area contributed by atoms with E-state index in [4.69, 9.17) is 14.0 Å². The number of unbranched alkanes of at least 4 members (excludes halogenated alkanes) is 4. The van der Waals surface area contributed by atoms with Gasteiger partial charge in [0.15, 0.2) is 5.71 Å². The summed E-state index contributed by atoms with van der Waals surface area (Å²) in [5.41, 5.74) is 8.93. The predicted octanol–water partition coefficient (Wildman–Crippen LogP) is 9.78. The maximum Gasteiger partial charge on any atom is 0.306 e. The van der Waals surface area contributed by atoms with Gasteiger partial charge in [-0.3, -0.25) is 18.7 Å². The molecule has 0 spiro atoms. The van der Waals surface area contributed by atoms with E-state index in [0.29, 0.717) is 67.9 Å². The van der Waals surface area contributed by atoms with Gasteiger partial charge in [-0.1, -0.05) is 62.4 Å². The van der Waals surface area contributed by atoms with E-state index in [1.165, 1.54) is 33.7 Å². The smallest absolute Gasteiger partial charge is 0.306 e. The van der Waals surface area contributed by atoms with Gasteiger partial charge in [0, 0.05) is 70.3 Å². The zero-order chi connectivity index (χ0) is 51.2. The fourth-order valence-corrected chi connectivity index (χ4v) is 12.1. The second-order valence-corrected chi connectivity index (χ2v) is 24.9. The Balaban J connectivity index is 1.42. The first-order chi connectivity index (χ1) is 33.0. The number of hydrogen-bond acceptors (Lipinski definition) is 11. The predicted molar refractivity (Wildman–Crippen MR) is 287 cm³/mol. The Kier molecular flexibility index (Phi) is 21.1. The molecule has 1 aliphatic carbocycles. The Morgan fingerprint density at radius 1 is 0.771 bits per heavy atom. The summed E-state index contributed by atoms with van der Waals surface area (Å²) in [6, 6.07) is 17.0. The zero-order valence-corrected chi connectivity index (χ0v) is 45.5. The number of carbonyl (C=O) groups is 2. The van der Waals surface area contributed by atoms with Gasteiger partial charge in [-0.2, -0.15) is 34.0 Å². The van der Waals surface area contributed by atoms with Crippen LogP contribution in [0.15, 0.2) is 94.6 Å². The van der Waals surface area contributed by atoms with Crippen LogP contribution in [-0.2, 0) is 50.1 Å². The van der Waals surface area contributed by atoms with Gasteiger partial charge in [0.25, 0.3) is 20.2 Å². The van der Waals surface area contributed by atoms with Gasteiger partial charge in [0.2, 0.25) is 5.69 Å². The standard InChI is InChI=1S/C53H75N3O10S4/c1-52(2)43-21-9-11-23-45(43)54(31-13-7-8-15-35-65-49(57)29-37-67)47(52)27-25-41-19-17-20-42(51(41)68-38-30-50(58)66-36-34-56(5,6)33-18-40-70(62,63)64)26-28-48-53(3,4)44-22-10-12-24-46(44)55(48)32-14-16-39-69(59,60)61/h9-12,21-28H,7-8,13-20,29-40H2,1-6H3,(H-2,59,60,61,62,63,64,67)/p+2. The lowest BCUT2D eigenvalue weighted by Crippen LogP contribution is -2.43. The number of nitrogens with zero attached hydrogens (tertiary/aromatic N) is 3. The molecule has 0 radical (unpaired) electrons. The molecule has 0 fully saturated rings. The van der Waals surface area contributed by atoms with Crippen molar-refractivity contribution in [2.75, 3.05) is 81.4 Å². The quantitative estimate of drug-likeness (QED) is 0.0185. The molecule has 0 saturated carbocycles. The summed E-state index contributed by atoms with van der Waals surface area (Å²) in [5.74, 6) is -0.0884. The molecule has 17 heteroatoms. The summed E-state index contributed by atoms with van der Waals surface area (Å²) in [4.78, 5) is 28.4. The number of benzene rings is 2. The number of anilines is 1. The molecule has 386 valence electrons. The van der Waals surface area contributed by atoms with E-state index < -0.39 is 20.2 Å². The highest BCUT2D eigenvalue weighted by molar-refractivity contribution is 8.03. The van der Waals surface area contributed by atoms with Crippen LogP contribution >= 0.6 is 24.4 Å². The molecule has 2 N–H and O–H groups in total. The van der Waals surface area contributed by atoms with Gasteiger partial charge in [0.1, 0.15) is 19.7 Å². The molecular formula is C53H77N3O10S4+2. The van der Waals surface area contributed by atoms with Crippen LogP contribution in [0, 0.1) is 0 Å². The molecule has 0 bridgehead atoms. The van der Waals surface area contributed by atoms with Crippen LogP contribution in [0.2, 0.25) is 0 Å². The van der Waals surface area contributed by atoms with E-state index in [0.717, 1.165) is 67.8 Å². The lowest BCUT2D eigenvalue weighted by Gasteiger charge is -2.29. The highest BCUT2D eigenvalue weighted by Crippen LogP contribution is 2.48. The molecular weight excluding hydrogens is 967 g/mol. The van der Waals surface area contributed by atoms with Crippen molar-refractivity contribution in [3.8, 4) is 0 Å². The highest BCUT2D eigenvalue weighted by atomic mass is 32.2. The van der Waals surface area contributed by atoms with E-state index >= 15 is 0 Å². The van der Waals surface area contributed by atoms with E-state index in [2.05, 4.69) is 111 Å². The number of quaternary nitrogens is 1. The average Bonchev–Trinajstić information content (AvgIpc) is 3.63. The number of rotatable bonds is 28. The lowest BCUT2D eigenvalue weighted by molar-refractivity contribution is -0.890. The van der Waals surface area contributed by atoms with E-state index in [1.807, 2.05) is 26.2 Å². The molecule has 2 aromatic rings. The van der Waals surface area contributed by atoms with Crippen molar-refractivity contribution in [3.05, 3.63) is 106 Å². The first kappa shape index (κ1) is 57.2. The third-order valence-corrected chi connectivity index (χ3v) is 16.6. The van der Waals surface area contributed by atoms with Crippen molar-refractivity contribution in [2.24, 2.45) is 0 Å². The highest BCUT2D eigenvalue weighted by Gasteiger charge is 2.44. The molecule has 0 aromatic heterocycles. The molecule has 3 aliphatic rings. The number of thioether (sulfide) groups is 1. The molecule has 0 atom stereocenters. The summed E-state index contributed by atoms with van der Waals surface area (Å²) in [5, 5.41) is 0. The first-order valence-corrected chi connectivity index (χ1v) is 29.6. The van der Waals surface area contributed by atoms with Crippen LogP contribution in [-0.4, -0.2) is 129 Å². The summed E-state index contributed by atoms with van der Waals surface area (Å²) in [7, 11) is -4.21. The van der Waals surface area contributed by atoms with Crippen molar-refractivity contribution in [1.29, 1.82) is 0 Å². The van der Waals surface area contributed by atoms with Gasteiger partial charge in [-0.15, -0.1) is 11.8 Å². The van der Waals surface area contributed by atoms with Crippen LogP contribution in [0.5, 0.6) is 0 Å². The molecule has 2 aliphatic heterocycles. The second kappa shape index (κ2) is 25.8. The topological polar surface area (TPSA) is 168 Å². The molecule has 2 aromatic carbocycles. The SMILES string of the molecule is CC1(C)C(/C=C/C2=C(SCCC(=O)OCC[N+](C)(C)CCCS(=O)(=O)O)C(=C/C=C3/N(CCCCS(=O)(=O)O)c4ccccc4C3(C)C)/CCC2)=[N+](CCCCCCOC(=O)CCS)c2ccccc21. The minimum Gasteiger partial charge on any atom is -0.466 e. The van der Waals surface area contributed by atoms with Gasteiger partial charge in [-0.25, -0.2) is 0 Å². The van der Waals surface area contributed by atoms with E-state index in [-0.39, 0.29) is 47.3 Å². The maximum atomic E-state index is 13.2. The largest absolute Gasteiger partial charge is 0.466 e. The first-order valence-electron chi connectivity index (χ1n) is 24.8. The maximum absolute atomic E-state index is 13.2. The average molecular weight is 1040 g/mol. The minimum atomic E-state index is -4.06. The number of fused-ring (bicyclic) bond motifs is 2. The molecule has 5 rings (SSSR count). The molecule has 13 nitrogen and oxygen atoms in total. The Hall–Kier alpha value is -3.71. The molecule has 2 heterocycles. The van der Waals surface area contributed by atoms with Crippen LogP contribution in [0.3, 0.4) is 0 Å². The van der Waals surface area contributed by atoms with Crippen LogP contribution < -0.4 is 4.90 Å². The normalized spacial score (nSPS) is 18.0. The van der Waals surface area contributed by atoms with Gasteiger partial charge in [0.05, 0.1) is 57.0 Å². The minimum absolute atomic E-state index is 0.196. The van der Waals surface area contributed by atoms with E-state index in [9.17, 15) is 31.0 Å². The Morgan fingerprint density at radius 2 is 1.43 bits per heavy atom. The van der Waals surface area contributed by atoms with Crippen LogP contribution in [0.4, 0.5) is 11.4 Å². The summed E-state index contributed by atoms with van der Waals surface area (Å²) < 4.78 is 78.1. The van der Waals surface area contributed by atoms with Gasteiger partial charge >= 0.3 is 11.9 Å². The summed E-state index contributed by atoms with van der Waals surface area (Å²) in [6.07, 6.45) is 17.3. The Morgan fingerprint density at radius 3 is 2.16 bits per heavy atom. The number of likely N-dealkylation sites (N-methyl/N-ethyl adjacent to an activating group) is 1. The molecule has 70 heavy (non-hydrogen) atoms. The molecule has 0 amide bonds. The van der Waals surface area contributed by atoms with Gasteiger partial charge < -0.3 is 18.9 Å². The number of ether oxygens (including phenoxy) is 2. The number of thiol groups is 1. The van der Waals surface area contributed by atoms with Crippen molar-refractivity contribution in [3.63, 3.8) is 0 Å². The van der Waals surface area contributed by atoms with Crippen LogP contribution in [0.25, 0.3) is 0 Å².